The molecule has 0 unspecified atom stereocenters. The summed E-state index contributed by atoms with van der Waals surface area (Å²) in [4.78, 5) is 25.4. The minimum absolute atomic E-state index is 0.0169. The number of amides is 2. The Kier molecular flexibility index (Phi) is 8.48. The Bertz CT molecular complexity index is 1140. The van der Waals surface area contributed by atoms with E-state index in [4.69, 9.17) is 4.74 Å². The van der Waals surface area contributed by atoms with Crippen molar-refractivity contribution >= 4 is 24.1 Å². The third-order valence-electron chi connectivity index (χ3n) is 4.47. The number of benzene rings is 3. The van der Waals surface area contributed by atoms with E-state index in [1.165, 1.54) is 24.4 Å². The van der Waals surface area contributed by atoms with Crippen molar-refractivity contribution < 1.29 is 18.7 Å². The fourth-order valence-electron chi connectivity index (χ4n) is 2.79. The maximum atomic E-state index is 13.7. The van der Waals surface area contributed by atoms with Crippen LogP contribution in [0.5, 0.6) is 5.75 Å². The molecule has 3 aromatic rings. The molecule has 7 heteroatoms. The van der Waals surface area contributed by atoms with Crippen molar-refractivity contribution in [2.75, 3.05) is 6.61 Å². The van der Waals surface area contributed by atoms with Crippen molar-refractivity contribution in [3.05, 3.63) is 107 Å². The second kappa shape index (κ2) is 12.0. The molecule has 0 aliphatic heterocycles. The van der Waals surface area contributed by atoms with Gasteiger partial charge in [0, 0.05) is 11.1 Å². The minimum Gasteiger partial charge on any atom is -0.494 e. The lowest BCUT2D eigenvalue weighted by atomic mass is 10.1. The summed E-state index contributed by atoms with van der Waals surface area (Å²) in [5.74, 6) is -0.854. The molecule has 3 aromatic carbocycles. The molecule has 0 bridgehead atoms. The largest absolute Gasteiger partial charge is 0.494 e. The van der Waals surface area contributed by atoms with Gasteiger partial charge in [-0.1, -0.05) is 55.5 Å². The predicted molar refractivity (Wildman–Crippen MR) is 126 cm³/mol. The number of carbonyl (C=O) groups is 2. The fourth-order valence-corrected chi connectivity index (χ4v) is 2.79. The number of carbonyl (C=O) groups excluding carboxylic acids is 2. The van der Waals surface area contributed by atoms with Gasteiger partial charge >= 0.3 is 0 Å². The Morgan fingerprint density at radius 2 is 1.67 bits per heavy atom. The van der Waals surface area contributed by atoms with Crippen LogP contribution < -0.4 is 15.5 Å². The molecule has 0 spiro atoms. The lowest BCUT2D eigenvalue weighted by molar-refractivity contribution is -0.117. The Morgan fingerprint density at radius 3 is 2.36 bits per heavy atom. The minimum atomic E-state index is -0.654. The van der Waals surface area contributed by atoms with Gasteiger partial charge in [-0.05, 0) is 48.4 Å². The first-order valence-corrected chi connectivity index (χ1v) is 10.5. The van der Waals surface area contributed by atoms with Crippen LogP contribution in [-0.4, -0.2) is 24.6 Å². The third-order valence-corrected chi connectivity index (χ3v) is 4.47. The molecule has 3 rings (SSSR count). The summed E-state index contributed by atoms with van der Waals surface area (Å²) in [7, 11) is 0. The van der Waals surface area contributed by atoms with E-state index < -0.39 is 17.6 Å². The van der Waals surface area contributed by atoms with E-state index in [1.54, 1.807) is 66.7 Å². The molecule has 0 saturated carbocycles. The van der Waals surface area contributed by atoms with E-state index in [1.807, 2.05) is 6.92 Å². The van der Waals surface area contributed by atoms with Crippen LogP contribution in [0.2, 0.25) is 0 Å². The Balaban J connectivity index is 1.79. The van der Waals surface area contributed by atoms with E-state index in [-0.39, 0.29) is 11.3 Å². The first-order chi connectivity index (χ1) is 16.1. The van der Waals surface area contributed by atoms with Crippen LogP contribution in [0.3, 0.4) is 0 Å². The van der Waals surface area contributed by atoms with Crippen molar-refractivity contribution in [3.63, 3.8) is 0 Å². The van der Waals surface area contributed by atoms with E-state index in [2.05, 4.69) is 15.8 Å². The van der Waals surface area contributed by atoms with Crippen LogP contribution >= 0.6 is 0 Å². The molecule has 0 aromatic heterocycles. The summed E-state index contributed by atoms with van der Waals surface area (Å²) in [6, 6.07) is 21.7. The molecule has 0 fully saturated rings. The highest BCUT2D eigenvalue weighted by molar-refractivity contribution is 6.05. The first kappa shape index (κ1) is 23.4. The molecule has 0 heterocycles. The van der Waals surface area contributed by atoms with Crippen LogP contribution in [-0.2, 0) is 4.79 Å². The number of nitrogens with one attached hydrogen (secondary N) is 2. The standard InChI is InChI=1S/C26H24FN3O3/c1-2-16-33-22-14-12-19(13-15-22)17-24(29-25(31)20-8-4-3-5-9-20)26(32)30-28-18-21-10-6-7-11-23(21)27/h3-15,17-18H,2,16H2,1H3,(H,29,31)(H,30,32)/b24-17-,28-18+. The van der Waals surface area contributed by atoms with Gasteiger partial charge in [-0.15, -0.1) is 0 Å². The molecule has 0 radical (unpaired) electrons. The van der Waals surface area contributed by atoms with Gasteiger partial charge in [-0.3, -0.25) is 9.59 Å². The van der Waals surface area contributed by atoms with Crippen LogP contribution in [0.25, 0.3) is 6.08 Å². The number of nitrogens with zero attached hydrogens (tertiary/aromatic N) is 1. The summed E-state index contributed by atoms with van der Waals surface area (Å²) in [6.45, 7) is 2.63. The van der Waals surface area contributed by atoms with Gasteiger partial charge in [-0.25, -0.2) is 9.82 Å². The van der Waals surface area contributed by atoms with Crippen molar-refractivity contribution in [3.8, 4) is 5.75 Å². The van der Waals surface area contributed by atoms with Gasteiger partial charge in [0.1, 0.15) is 17.3 Å². The average molecular weight is 445 g/mol. The maximum absolute atomic E-state index is 13.7. The zero-order valence-electron chi connectivity index (χ0n) is 18.1. The number of ether oxygens (including phenoxy) is 1. The average Bonchev–Trinajstić information content (AvgIpc) is 2.84. The van der Waals surface area contributed by atoms with Gasteiger partial charge in [0.2, 0.25) is 0 Å². The van der Waals surface area contributed by atoms with Crippen molar-refractivity contribution in [1.82, 2.24) is 10.7 Å². The Morgan fingerprint density at radius 1 is 0.970 bits per heavy atom. The first-order valence-electron chi connectivity index (χ1n) is 10.5. The Hall–Kier alpha value is -4.26. The van der Waals surface area contributed by atoms with E-state index >= 15 is 0 Å². The molecule has 2 amide bonds. The van der Waals surface area contributed by atoms with Crippen LogP contribution in [0.1, 0.15) is 34.8 Å². The third kappa shape index (κ3) is 7.14. The summed E-state index contributed by atoms with van der Waals surface area (Å²) in [5.41, 5.74) is 3.61. The molecule has 6 nitrogen and oxygen atoms in total. The monoisotopic (exact) mass is 445 g/mol. The predicted octanol–water partition coefficient (Wildman–Crippen LogP) is 4.54. The van der Waals surface area contributed by atoms with Gasteiger partial charge in [0.05, 0.1) is 12.8 Å². The summed E-state index contributed by atoms with van der Waals surface area (Å²) in [5, 5.41) is 6.44. The van der Waals surface area contributed by atoms with Crippen LogP contribution in [0.4, 0.5) is 4.39 Å². The number of hydrogen-bond acceptors (Lipinski definition) is 4. The highest BCUT2D eigenvalue weighted by Gasteiger charge is 2.14. The maximum Gasteiger partial charge on any atom is 0.287 e. The zero-order valence-corrected chi connectivity index (χ0v) is 18.1. The Labute approximate surface area is 191 Å². The number of halogens is 1. The zero-order chi connectivity index (χ0) is 23.5. The van der Waals surface area contributed by atoms with Crippen molar-refractivity contribution in [2.24, 2.45) is 5.10 Å². The summed E-state index contributed by atoms with van der Waals surface area (Å²) < 4.78 is 19.3. The molecule has 0 aliphatic rings. The fraction of sp³-hybridized carbons (Fsp3) is 0.115. The van der Waals surface area contributed by atoms with Gasteiger partial charge < -0.3 is 10.1 Å². The molecular weight excluding hydrogens is 421 g/mol. The number of hydrogen-bond donors (Lipinski definition) is 2. The SMILES string of the molecule is CCCOc1ccc(/C=C(\NC(=O)c2ccccc2)C(=O)N/N=C/c2ccccc2F)cc1. The smallest absolute Gasteiger partial charge is 0.287 e. The quantitative estimate of drug-likeness (QED) is 0.288. The molecule has 168 valence electrons. The lowest BCUT2D eigenvalue weighted by Crippen LogP contribution is -2.32. The van der Waals surface area contributed by atoms with Gasteiger partial charge in [-0.2, -0.15) is 5.10 Å². The molecule has 2 N–H and O–H groups in total. The van der Waals surface area contributed by atoms with Crippen LogP contribution in [0, 0.1) is 5.82 Å². The second-order valence-electron chi connectivity index (χ2n) is 7.02. The van der Waals surface area contributed by atoms with Gasteiger partial charge in [0.15, 0.2) is 0 Å². The van der Waals surface area contributed by atoms with Crippen molar-refractivity contribution in [2.45, 2.75) is 13.3 Å². The number of hydrazone groups is 1. The topological polar surface area (TPSA) is 79.8 Å². The van der Waals surface area contributed by atoms with E-state index in [9.17, 15) is 14.0 Å². The molecule has 0 saturated heterocycles. The van der Waals surface area contributed by atoms with Gasteiger partial charge in [0.25, 0.3) is 11.8 Å². The number of rotatable bonds is 9. The molecular formula is C26H24FN3O3. The lowest BCUT2D eigenvalue weighted by Gasteiger charge is -2.10. The highest BCUT2D eigenvalue weighted by atomic mass is 19.1. The van der Waals surface area contributed by atoms with Crippen molar-refractivity contribution in [1.29, 1.82) is 0 Å². The summed E-state index contributed by atoms with van der Waals surface area (Å²) in [6.07, 6.45) is 3.62. The normalized spacial score (nSPS) is 11.3. The van der Waals surface area contributed by atoms with E-state index in [0.717, 1.165) is 6.42 Å². The van der Waals surface area contributed by atoms with E-state index in [0.29, 0.717) is 23.5 Å². The highest BCUT2D eigenvalue weighted by Crippen LogP contribution is 2.15. The molecule has 0 aliphatic carbocycles. The molecule has 0 atom stereocenters. The van der Waals surface area contributed by atoms with Crippen LogP contribution in [0.15, 0.2) is 89.7 Å². The second-order valence-corrected chi connectivity index (χ2v) is 7.02. The molecule has 33 heavy (non-hydrogen) atoms. The summed E-state index contributed by atoms with van der Waals surface area (Å²) >= 11 is 0.